The molecule has 39 heavy (non-hydrogen) atoms. The Morgan fingerprint density at radius 2 is 1.77 bits per heavy atom. The van der Waals surface area contributed by atoms with Gasteiger partial charge in [-0.25, -0.2) is 0 Å². The van der Waals surface area contributed by atoms with Crippen molar-refractivity contribution in [2.45, 2.75) is 12.8 Å². The number of para-hydroxylation sites is 1. The Hall–Kier alpha value is -4.07. The zero-order chi connectivity index (χ0) is 27.7. The summed E-state index contributed by atoms with van der Waals surface area (Å²) in [5, 5.41) is 10.1. The summed E-state index contributed by atoms with van der Waals surface area (Å²) in [7, 11) is -4.14. The monoisotopic (exact) mass is 570 g/mol. The SMILES string of the molecule is O=C(O)CCN1C(=O)SC(=CC=CC=C2Oc3cc4c(cc3N2CCCS(=O)(=O)O)oc2ccccc24)C1=O. The average molecular weight is 571 g/mol. The van der Waals surface area contributed by atoms with E-state index in [1.54, 1.807) is 23.1 Å². The summed E-state index contributed by atoms with van der Waals surface area (Å²) < 4.78 is 43.7. The first-order valence-corrected chi connectivity index (χ1v) is 14.2. The molecule has 0 aliphatic carbocycles. The number of imide groups is 1. The number of carboxylic acids is 1. The molecule has 11 nitrogen and oxygen atoms in total. The highest BCUT2D eigenvalue weighted by Gasteiger charge is 2.34. The number of thioether (sulfide) groups is 1. The van der Waals surface area contributed by atoms with Gasteiger partial charge < -0.3 is 19.2 Å². The van der Waals surface area contributed by atoms with Crippen LogP contribution in [0.25, 0.3) is 21.9 Å². The second-order valence-electron chi connectivity index (χ2n) is 8.70. The number of ether oxygens (including phenoxy) is 1. The fourth-order valence-corrected chi connectivity index (χ4v) is 5.59. The first-order valence-electron chi connectivity index (χ1n) is 11.8. The third-order valence-electron chi connectivity index (χ3n) is 6.03. The molecule has 5 rings (SSSR count). The molecule has 13 heteroatoms. The van der Waals surface area contributed by atoms with E-state index in [9.17, 15) is 22.8 Å². The lowest BCUT2D eigenvalue weighted by molar-refractivity contribution is -0.137. The van der Waals surface area contributed by atoms with Crippen LogP contribution in [0.15, 0.2) is 75.9 Å². The summed E-state index contributed by atoms with van der Waals surface area (Å²) in [6.07, 6.45) is 6.01. The molecule has 2 aliphatic rings. The Balaban J connectivity index is 1.39. The molecule has 1 saturated heterocycles. The van der Waals surface area contributed by atoms with Crippen molar-refractivity contribution in [3.05, 3.63) is 71.5 Å². The van der Waals surface area contributed by atoms with Gasteiger partial charge in [-0.2, -0.15) is 8.42 Å². The van der Waals surface area contributed by atoms with Gasteiger partial charge in [0.25, 0.3) is 21.3 Å². The number of amides is 2. The topological polar surface area (TPSA) is 155 Å². The summed E-state index contributed by atoms with van der Waals surface area (Å²) in [4.78, 5) is 38.1. The van der Waals surface area contributed by atoms with Gasteiger partial charge in [-0.15, -0.1) is 0 Å². The number of rotatable bonds is 9. The van der Waals surface area contributed by atoms with E-state index < -0.39 is 33.0 Å². The number of carbonyl (C=O) groups excluding carboxylic acids is 2. The van der Waals surface area contributed by atoms with Crippen molar-refractivity contribution in [1.82, 2.24) is 4.90 Å². The molecule has 1 aromatic heterocycles. The van der Waals surface area contributed by atoms with E-state index >= 15 is 0 Å². The summed E-state index contributed by atoms with van der Waals surface area (Å²) in [5.41, 5.74) is 2.02. The quantitative estimate of drug-likeness (QED) is 0.276. The molecule has 3 heterocycles. The minimum absolute atomic E-state index is 0.129. The highest BCUT2D eigenvalue weighted by molar-refractivity contribution is 8.18. The molecule has 2 amide bonds. The normalized spacial score (nSPS) is 17.9. The van der Waals surface area contributed by atoms with Gasteiger partial charge in [-0.1, -0.05) is 30.4 Å². The van der Waals surface area contributed by atoms with E-state index in [0.29, 0.717) is 22.9 Å². The molecule has 0 atom stereocenters. The number of furan rings is 1. The van der Waals surface area contributed by atoms with E-state index in [1.165, 1.54) is 6.08 Å². The third kappa shape index (κ3) is 5.70. The van der Waals surface area contributed by atoms with Crippen LogP contribution in [0.4, 0.5) is 10.5 Å². The summed E-state index contributed by atoms with van der Waals surface area (Å²) in [6.45, 7) is 0.0224. The van der Waals surface area contributed by atoms with E-state index in [4.69, 9.17) is 18.8 Å². The third-order valence-corrected chi connectivity index (χ3v) is 7.76. The Morgan fingerprint density at radius 3 is 2.54 bits per heavy atom. The van der Waals surface area contributed by atoms with Crippen molar-refractivity contribution >= 4 is 66.6 Å². The maximum absolute atomic E-state index is 12.4. The number of hydrogen-bond donors (Lipinski definition) is 2. The first-order chi connectivity index (χ1) is 18.6. The number of benzene rings is 2. The van der Waals surface area contributed by atoms with Crippen molar-refractivity contribution in [3.63, 3.8) is 0 Å². The second kappa shape index (κ2) is 10.6. The Kier molecular flexibility index (Phi) is 7.21. The number of aliphatic carboxylic acids is 1. The van der Waals surface area contributed by atoms with E-state index in [0.717, 1.165) is 33.0 Å². The highest BCUT2D eigenvalue weighted by Crippen LogP contribution is 2.44. The molecule has 1 fully saturated rings. The number of allylic oxidation sites excluding steroid dienone is 4. The van der Waals surface area contributed by atoms with Crippen LogP contribution in [0, 0.1) is 0 Å². The number of fused-ring (bicyclic) bond motifs is 4. The molecule has 0 bridgehead atoms. The van der Waals surface area contributed by atoms with E-state index in [1.807, 2.05) is 36.4 Å². The van der Waals surface area contributed by atoms with Crippen molar-refractivity contribution in [3.8, 4) is 5.75 Å². The Bertz CT molecular complexity index is 1700. The maximum Gasteiger partial charge on any atom is 0.305 e. The second-order valence-corrected chi connectivity index (χ2v) is 11.3. The standard InChI is InChI=1S/C26H22N2O9S2/c29-24(30)10-12-28-25(31)22(38-26(28)32)8-3-4-9-23-27(11-5-13-39(33,34)35)18-15-20-17(14-21(18)37-23)16-6-1-2-7-19(16)36-20/h1-4,6-9,14-15H,5,10-13H2,(H,29,30)(H,33,34,35). The van der Waals surface area contributed by atoms with Crippen LogP contribution in [-0.4, -0.2) is 58.9 Å². The van der Waals surface area contributed by atoms with Crippen LogP contribution >= 0.6 is 11.8 Å². The van der Waals surface area contributed by atoms with Gasteiger partial charge >= 0.3 is 5.97 Å². The van der Waals surface area contributed by atoms with Crippen LogP contribution in [0.3, 0.4) is 0 Å². The molecule has 202 valence electrons. The number of carbonyl (C=O) groups is 3. The minimum Gasteiger partial charge on any atom is -0.481 e. The van der Waals surface area contributed by atoms with Gasteiger partial charge in [0, 0.05) is 29.9 Å². The van der Waals surface area contributed by atoms with Crippen molar-refractivity contribution in [2.75, 3.05) is 23.7 Å². The maximum atomic E-state index is 12.4. The van der Waals surface area contributed by atoms with Gasteiger partial charge in [0.2, 0.25) is 5.88 Å². The van der Waals surface area contributed by atoms with E-state index in [-0.39, 0.29) is 30.8 Å². The van der Waals surface area contributed by atoms with Gasteiger partial charge in [0.15, 0.2) is 5.75 Å². The van der Waals surface area contributed by atoms with Crippen molar-refractivity contribution in [2.24, 2.45) is 0 Å². The van der Waals surface area contributed by atoms with Gasteiger partial charge in [-0.05, 0) is 42.5 Å². The highest BCUT2D eigenvalue weighted by atomic mass is 32.2. The van der Waals surface area contributed by atoms with Crippen molar-refractivity contribution in [1.29, 1.82) is 0 Å². The van der Waals surface area contributed by atoms with Crippen LogP contribution in [0.5, 0.6) is 5.75 Å². The van der Waals surface area contributed by atoms with Crippen LogP contribution in [-0.2, 0) is 19.7 Å². The van der Waals surface area contributed by atoms with Gasteiger partial charge in [0.1, 0.15) is 11.2 Å². The molecule has 0 saturated carbocycles. The molecule has 2 N–H and O–H groups in total. The molecular formula is C26H22N2O9S2. The van der Waals surface area contributed by atoms with E-state index in [2.05, 4.69) is 0 Å². The zero-order valence-corrected chi connectivity index (χ0v) is 21.9. The fourth-order valence-electron chi connectivity index (χ4n) is 4.27. The number of anilines is 1. The molecule has 2 aliphatic heterocycles. The molecular weight excluding hydrogens is 548 g/mol. The van der Waals surface area contributed by atoms with Gasteiger partial charge in [-0.3, -0.25) is 23.8 Å². The van der Waals surface area contributed by atoms with Gasteiger partial charge in [0.05, 0.1) is 22.8 Å². The largest absolute Gasteiger partial charge is 0.481 e. The fraction of sp³-hybridized carbons (Fsp3) is 0.192. The molecule has 0 unspecified atom stereocenters. The Morgan fingerprint density at radius 1 is 1.00 bits per heavy atom. The first kappa shape index (κ1) is 26.5. The Labute approximate surface area is 226 Å². The smallest absolute Gasteiger partial charge is 0.305 e. The predicted molar refractivity (Wildman–Crippen MR) is 145 cm³/mol. The lowest BCUT2D eigenvalue weighted by Gasteiger charge is -2.17. The average Bonchev–Trinajstić information content (AvgIpc) is 3.49. The van der Waals surface area contributed by atoms with Crippen LogP contribution in [0.2, 0.25) is 0 Å². The molecule has 3 aromatic rings. The number of carboxylic acid groups (broad SMARTS) is 1. The number of nitrogens with zero attached hydrogens (tertiary/aromatic N) is 2. The molecule has 2 aromatic carbocycles. The zero-order valence-electron chi connectivity index (χ0n) is 20.3. The summed E-state index contributed by atoms with van der Waals surface area (Å²) in [6, 6.07) is 11.3. The predicted octanol–water partition coefficient (Wildman–Crippen LogP) is 4.51. The lowest BCUT2D eigenvalue weighted by atomic mass is 10.1. The van der Waals surface area contributed by atoms with Crippen molar-refractivity contribution < 1.29 is 41.6 Å². The number of hydrogen-bond acceptors (Lipinski definition) is 9. The van der Waals surface area contributed by atoms with Crippen LogP contribution in [0.1, 0.15) is 12.8 Å². The summed E-state index contributed by atoms with van der Waals surface area (Å²) in [5.74, 6) is -1.16. The minimum atomic E-state index is -4.14. The summed E-state index contributed by atoms with van der Waals surface area (Å²) >= 11 is 0.724. The lowest BCUT2D eigenvalue weighted by Crippen LogP contribution is -2.30. The molecule has 0 radical (unpaired) electrons. The van der Waals surface area contributed by atoms with Crippen LogP contribution < -0.4 is 9.64 Å². The molecule has 0 spiro atoms.